The van der Waals surface area contributed by atoms with Crippen molar-refractivity contribution in [1.29, 1.82) is 0 Å². The van der Waals surface area contributed by atoms with Gasteiger partial charge in [-0.1, -0.05) is 25.1 Å². The van der Waals surface area contributed by atoms with Gasteiger partial charge < -0.3 is 10.1 Å². The van der Waals surface area contributed by atoms with Crippen LogP contribution in [0.2, 0.25) is 0 Å². The third-order valence-corrected chi connectivity index (χ3v) is 4.52. The minimum absolute atomic E-state index is 0.353. The van der Waals surface area contributed by atoms with E-state index in [4.69, 9.17) is 4.74 Å². The van der Waals surface area contributed by atoms with E-state index >= 15 is 0 Å². The molecule has 0 saturated heterocycles. The maximum Gasteiger partial charge on any atom is 0.122 e. The van der Waals surface area contributed by atoms with Crippen LogP contribution in [0.4, 0.5) is 0 Å². The fraction of sp³-hybridized carbons (Fsp3) is 0.375. The summed E-state index contributed by atoms with van der Waals surface area (Å²) in [6, 6.07) is 10.8. The second-order valence-electron chi connectivity index (χ2n) is 4.52. The summed E-state index contributed by atoms with van der Waals surface area (Å²) in [5.74, 6) is 0.970. The lowest BCUT2D eigenvalue weighted by Gasteiger charge is -2.18. The van der Waals surface area contributed by atoms with Gasteiger partial charge in [0, 0.05) is 10.9 Å². The fourth-order valence-corrected chi connectivity index (χ4v) is 3.47. The van der Waals surface area contributed by atoms with Gasteiger partial charge in [-0.2, -0.15) is 0 Å². The topological polar surface area (TPSA) is 21.3 Å². The minimum atomic E-state index is 0.353. The Labute approximate surface area is 119 Å². The minimum Gasteiger partial charge on any atom is -0.496 e. The first-order chi connectivity index (χ1) is 9.30. The molecule has 0 aliphatic heterocycles. The quantitative estimate of drug-likeness (QED) is 0.865. The molecule has 3 heteroatoms. The molecule has 0 aliphatic carbocycles. The molecular formula is C16H21NOS. The molecule has 0 radical (unpaired) electrons. The second-order valence-corrected chi connectivity index (χ2v) is 5.47. The Balaban J connectivity index is 2.24. The summed E-state index contributed by atoms with van der Waals surface area (Å²) in [5.41, 5.74) is 2.69. The number of thiophene rings is 1. The highest BCUT2D eigenvalue weighted by atomic mass is 32.1. The predicted molar refractivity (Wildman–Crippen MR) is 82.2 cm³/mol. The molecule has 2 nitrogen and oxygen atoms in total. The van der Waals surface area contributed by atoms with Gasteiger partial charge in [0.2, 0.25) is 0 Å². The molecule has 0 aliphatic rings. The van der Waals surface area contributed by atoms with Gasteiger partial charge in [-0.15, -0.1) is 11.3 Å². The number of rotatable bonds is 6. The monoisotopic (exact) mass is 275 g/mol. The summed E-state index contributed by atoms with van der Waals surface area (Å²) in [4.78, 5) is 1.44. The molecule has 1 heterocycles. The molecule has 1 aromatic carbocycles. The Morgan fingerprint density at radius 1 is 1.21 bits per heavy atom. The normalized spacial score (nSPS) is 12.4. The summed E-state index contributed by atoms with van der Waals surface area (Å²) < 4.78 is 5.44. The third-order valence-electron chi connectivity index (χ3n) is 3.44. The zero-order valence-electron chi connectivity index (χ0n) is 11.8. The number of para-hydroxylation sites is 1. The molecule has 19 heavy (non-hydrogen) atoms. The summed E-state index contributed by atoms with van der Waals surface area (Å²) in [5, 5.41) is 5.62. The third kappa shape index (κ3) is 3.17. The van der Waals surface area contributed by atoms with Gasteiger partial charge in [-0.25, -0.2) is 0 Å². The molecule has 2 aromatic rings. The second kappa shape index (κ2) is 6.73. The van der Waals surface area contributed by atoms with Crippen molar-refractivity contribution < 1.29 is 4.74 Å². The number of benzene rings is 1. The number of aryl methyl sites for hydroxylation is 1. The summed E-state index contributed by atoms with van der Waals surface area (Å²) in [6.07, 6.45) is 2.04. The standard InChI is InChI=1S/C16H21NOS/c1-4-12-9-10-19-16(12)14(17-2)11-13-7-5-6-8-15(13)18-3/h5-10,14,17H,4,11H2,1-3H3. The van der Waals surface area contributed by atoms with Gasteiger partial charge in [0.1, 0.15) is 5.75 Å². The predicted octanol–water partition coefficient (Wildman–Crippen LogP) is 3.82. The van der Waals surface area contributed by atoms with E-state index in [9.17, 15) is 0 Å². The highest BCUT2D eigenvalue weighted by molar-refractivity contribution is 7.10. The van der Waals surface area contributed by atoms with E-state index in [2.05, 4.69) is 35.8 Å². The highest BCUT2D eigenvalue weighted by Gasteiger charge is 2.16. The van der Waals surface area contributed by atoms with Crippen LogP contribution in [0.15, 0.2) is 35.7 Å². The van der Waals surface area contributed by atoms with Crippen molar-refractivity contribution in [3.63, 3.8) is 0 Å². The average molecular weight is 275 g/mol. The van der Waals surface area contributed by atoms with Crippen molar-refractivity contribution in [2.24, 2.45) is 0 Å². The van der Waals surface area contributed by atoms with Crippen LogP contribution >= 0.6 is 11.3 Å². The molecule has 0 spiro atoms. The van der Waals surface area contributed by atoms with Crippen LogP contribution in [-0.4, -0.2) is 14.2 Å². The first kappa shape index (κ1) is 14.1. The summed E-state index contributed by atoms with van der Waals surface area (Å²) in [6.45, 7) is 2.21. The van der Waals surface area contributed by atoms with Gasteiger partial charge in [0.05, 0.1) is 7.11 Å². The lowest BCUT2D eigenvalue weighted by molar-refractivity contribution is 0.406. The Morgan fingerprint density at radius 2 is 2.00 bits per heavy atom. The Kier molecular flexibility index (Phi) is 5.00. The van der Waals surface area contributed by atoms with Crippen LogP contribution in [0.5, 0.6) is 5.75 Å². The van der Waals surface area contributed by atoms with Gasteiger partial charge in [0.15, 0.2) is 0 Å². The molecule has 1 aromatic heterocycles. The van der Waals surface area contributed by atoms with Crippen LogP contribution in [0.3, 0.4) is 0 Å². The maximum atomic E-state index is 5.44. The van der Waals surface area contributed by atoms with Crippen LogP contribution in [0.1, 0.15) is 29.0 Å². The maximum absolute atomic E-state index is 5.44. The smallest absolute Gasteiger partial charge is 0.122 e. The zero-order chi connectivity index (χ0) is 13.7. The van der Waals surface area contributed by atoms with E-state index in [1.54, 1.807) is 7.11 Å². The van der Waals surface area contributed by atoms with Crippen LogP contribution < -0.4 is 10.1 Å². The van der Waals surface area contributed by atoms with E-state index in [1.165, 1.54) is 16.0 Å². The van der Waals surface area contributed by atoms with Crippen LogP contribution in [0, 0.1) is 0 Å². The average Bonchev–Trinajstić information content (AvgIpc) is 2.93. The van der Waals surface area contributed by atoms with Gasteiger partial charge in [-0.05, 0) is 48.5 Å². The molecule has 0 bridgehead atoms. The van der Waals surface area contributed by atoms with Crippen LogP contribution in [-0.2, 0) is 12.8 Å². The first-order valence-electron chi connectivity index (χ1n) is 6.65. The number of hydrogen-bond acceptors (Lipinski definition) is 3. The van der Waals surface area contributed by atoms with E-state index < -0.39 is 0 Å². The van der Waals surface area contributed by atoms with Crippen molar-refractivity contribution in [2.45, 2.75) is 25.8 Å². The lowest BCUT2D eigenvalue weighted by Crippen LogP contribution is -2.19. The van der Waals surface area contributed by atoms with Gasteiger partial charge in [-0.3, -0.25) is 0 Å². The molecule has 1 N–H and O–H groups in total. The molecule has 1 unspecified atom stereocenters. The molecular weight excluding hydrogens is 254 g/mol. The number of likely N-dealkylation sites (N-methyl/N-ethyl adjacent to an activating group) is 1. The van der Waals surface area contributed by atoms with Crippen molar-refractivity contribution >= 4 is 11.3 Å². The largest absolute Gasteiger partial charge is 0.496 e. The molecule has 0 fully saturated rings. The number of ether oxygens (including phenoxy) is 1. The van der Waals surface area contributed by atoms with Crippen molar-refractivity contribution in [3.8, 4) is 5.75 Å². The SMILES string of the molecule is CCc1ccsc1C(Cc1ccccc1OC)NC. The van der Waals surface area contributed by atoms with E-state index in [0.717, 1.165) is 18.6 Å². The molecule has 102 valence electrons. The molecule has 0 amide bonds. The number of methoxy groups -OCH3 is 1. The van der Waals surface area contributed by atoms with Crippen molar-refractivity contribution in [3.05, 3.63) is 51.7 Å². The van der Waals surface area contributed by atoms with E-state index in [0.29, 0.717) is 6.04 Å². The molecule has 1 atom stereocenters. The fourth-order valence-electron chi connectivity index (χ4n) is 2.36. The van der Waals surface area contributed by atoms with Gasteiger partial charge >= 0.3 is 0 Å². The Bertz CT molecular complexity index is 521. The van der Waals surface area contributed by atoms with Gasteiger partial charge in [0.25, 0.3) is 0 Å². The van der Waals surface area contributed by atoms with Crippen molar-refractivity contribution in [2.75, 3.05) is 14.2 Å². The van der Waals surface area contributed by atoms with E-state index in [1.807, 2.05) is 30.5 Å². The summed E-state index contributed by atoms with van der Waals surface area (Å²) >= 11 is 1.84. The molecule has 2 rings (SSSR count). The number of hydrogen-bond donors (Lipinski definition) is 1. The van der Waals surface area contributed by atoms with E-state index in [-0.39, 0.29) is 0 Å². The Morgan fingerprint density at radius 3 is 2.68 bits per heavy atom. The highest BCUT2D eigenvalue weighted by Crippen LogP contribution is 2.30. The lowest BCUT2D eigenvalue weighted by atomic mass is 10.0. The molecule has 0 saturated carbocycles. The Hall–Kier alpha value is -1.32. The van der Waals surface area contributed by atoms with Crippen molar-refractivity contribution in [1.82, 2.24) is 5.32 Å². The zero-order valence-corrected chi connectivity index (χ0v) is 12.6. The number of nitrogens with one attached hydrogen (secondary N) is 1. The first-order valence-corrected chi connectivity index (χ1v) is 7.53. The summed E-state index contributed by atoms with van der Waals surface area (Å²) in [7, 11) is 3.76. The van der Waals surface area contributed by atoms with Crippen LogP contribution in [0.25, 0.3) is 0 Å².